The zero-order chi connectivity index (χ0) is 27.1. The monoisotopic (exact) mass is 509 g/mol. The van der Waals surface area contributed by atoms with Crippen LogP contribution in [0.2, 0.25) is 0 Å². The van der Waals surface area contributed by atoms with Gasteiger partial charge in [-0.1, -0.05) is 6.92 Å². The highest BCUT2D eigenvalue weighted by Crippen LogP contribution is 2.60. The van der Waals surface area contributed by atoms with Crippen LogP contribution in [0.1, 0.15) is 82.5 Å². The first-order valence-electron chi connectivity index (χ1n) is 12.8. The van der Waals surface area contributed by atoms with Crippen molar-refractivity contribution in [3.63, 3.8) is 0 Å². The van der Waals surface area contributed by atoms with Gasteiger partial charge < -0.3 is 21.8 Å². The van der Waals surface area contributed by atoms with Gasteiger partial charge in [0.2, 0.25) is 5.91 Å². The van der Waals surface area contributed by atoms with E-state index in [0.29, 0.717) is 11.6 Å². The maximum absolute atomic E-state index is 15.0. The second-order valence-corrected chi connectivity index (χ2v) is 10.9. The molecule has 2 aliphatic rings. The maximum atomic E-state index is 15.0. The van der Waals surface area contributed by atoms with Gasteiger partial charge in [0.15, 0.2) is 5.82 Å². The molecule has 2 fully saturated rings. The van der Waals surface area contributed by atoms with Crippen molar-refractivity contribution in [1.29, 1.82) is 5.41 Å². The molecule has 4 rings (SSSR count). The van der Waals surface area contributed by atoms with Gasteiger partial charge in [-0.2, -0.15) is 5.10 Å². The van der Waals surface area contributed by atoms with Gasteiger partial charge in [-0.15, -0.1) is 0 Å². The van der Waals surface area contributed by atoms with Gasteiger partial charge in [-0.25, -0.2) is 4.39 Å². The number of nitrogens with zero attached hydrogens (tertiary/aromatic N) is 3. The number of nitrogens with one attached hydrogen (secondary N) is 3. The molecule has 2 aliphatic carbocycles. The Morgan fingerprint density at radius 2 is 1.95 bits per heavy atom. The highest BCUT2D eigenvalue weighted by Gasteiger charge is 2.55. The molecule has 2 amide bonds. The number of hydrogen-bond donors (Lipinski definition) is 4. The number of rotatable bonds is 10. The minimum atomic E-state index is -0.795. The normalized spacial score (nSPS) is 18.6. The van der Waals surface area contributed by atoms with E-state index in [2.05, 4.69) is 27.6 Å². The van der Waals surface area contributed by atoms with Crippen LogP contribution in [0.5, 0.6) is 0 Å². The molecule has 2 aromatic heterocycles. The number of aromatic nitrogens is 3. The Labute approximate surface area is 216 Å². The first-order valence-corrected chi connectivity index (χ1v) is 12.8. The van der Waals surface area contributed by atoms with Crippen molar-refractivity contribution in [3.8, 4) is 0 Å². The van der Waals surface area contributed by atoms with Crippen LogP contribution in [0.4, 0.5) is 10.1 Å². The van der Waals surface area contributed by atoms with Crippen molar-refractivity contribution in [1.82, 2.24) is 20.1 Å². The number of pyridine rings is 1. The summed E-state index contributed by atoms with van der Waals surface area (Å²) in [6.07, 6.45) is 6.96. The third kappa shape index (κ3) is 5.57. The lowest BCUT2D eigenvalue weighted by Crippen LogP contribution is -2.51. The van der Waals surface area contributed by atoms with E-state index in [-0.39, 0.29) is 51.6 Å². The van der Waals surface area contributed by atoms with Crippen LogP contribution in [-0.4, -0.2) is 38.3 Å². The van der Waals surface area contributed by atoms with Crippen LogP contribution in [0.15, 0.2) is 30.2 Å². The summed E-state index contributed by atoms with van der Waals surface area (Å²) in [7, 11) is 0. The molecule has 2 saturated carbocycles. The minimum Gasteiger partial charge on any atom is -0.402 e. The molecule has 37 heavy (non-hydrogen) atoms. The average molecular weight is 510 g/mol. The average Bonchev–Trinajstić information content (AvgIpc) is 3.72. The molecule has 198 valence electrons. The lowest BCUT2D eigenvalue weighted by Gasteiger charge is -2.32. The lowest BCUT2D eigenvalue weighted by molar-refractivity contribution is -0.120. The number of anilines is 1. The zero-order valence-electron chi connectivity index (χ0n) is 22.1. The smallest absolute Gasteiger partial charge is 0.270 e. The summed E-state index contributed by atoms with van der Waals surface area (Å²) in [4.78, 5) is 31.2. The molecule has 0 radical (unpaired) electrons. The van der Waals surface area contributed by atoms with Gasteiger partial charge in [0.25, 0.3) is 5.91 Å². The molecule has 0 bridgehead atoms. The molecule has 0 aromatic carbocycles. The summed E-state index contributed by atoms with van der Waals surface area (Å²) in [5, 5.41) is 17.9. The van der Waals surface area contributed by atoms with E-state index in [1.807, 2.05) is 13.8 Å². The number of carbonyl (C=O) groups excluding carboxylic acids is 2. The van der Waals surface area contributed by atoms with Crippen LogP contribution in [-0.2, 0) is 4.79 Å². The van der Waals surface area contributed by atoms with Crippen molar-refractivity contribution < 1.29 is 14.0 Å². The zero-order valence-corrected chi connectivity index (χ0v) is 22.1. The summed E-state index contributed by atoms with van der Waals surface area (Å²) < 4.78 is 16.6. The van der Waals surface area contributed by atoms with E-state index >= 15 is 4.39 Å². The van der Waals surface area contributed by atoms with E-state index in [0.717, 1.165) is 25.7 Å². The number of nitrogens with two attached hydrogens (primary N) is 1. The van der Waals surface area contributed by atoms with Crippen LogP contribution in [0, 0.1) is 28.5 Å². The Kier molecular flexibility index (Phi) is 7.21. The Morgan fingerprint density at radius 3 is 2.46 bits per heavy atom. The topological polar surface area (TPSA) is 139 Å². The molecule has 9 nitrogen and oxygen atoms in total. The van der Waals surface area contributed by atoms with Gasteiger partial charge in [-0.05, 0) is 76.7 Å². The van der Waals surface area contributed by atoms with E-state index in [9.17, 15) is 9.59 Å². The predicted octanol–water partition coefficient (Wildman–Crippen LogP) is 4.29. The molecule has 2 atom stereocenters. The highest BCUT2D eigenvalue weighted by atomic mass is 19.1. The summed E-state index contributed by atoms with van der Waals surface area (Å²) in [5.74, 6) is -1.14. The maximum Gasteiger partial charge on any atom is 0.270 e. The van der Waals surface area contributed by atoms with E-state index in [1.54, 1.807) is 23.9 Å². The van der Waals surface area contributed by atoms with Gasteiger partial charge in [0.1, 0.15) is 17.4 Å². The van der Waals surface area contributed by atoms with Crippen LogP contribution >= 0.6 is 0 Å². The molecule has 2 aromatic rings. The first-order chi connectivity index (χ1) is 17.4. The third-order valence-electron chi connectivity index (χ3n) is 7.41. The highest BCUT2D eigenvalue weighted by molar-refractivity contribution is 6.21. The van der Waals surface area contributed by atoms with E-state index in [4.69, 9.17) is 11.1 Å². The molecule has 10 heteroatoms. The molecule has 1 unspecified atom stereocenters. The SMILES string of the molecule is CC(=N)/C(=C(/C)N)c1ncc(NC(=O)[C@@H](NC(=O)c2ccnn2C(C)C)C(C2CC2)C2(C)CC2)cc1F. The lowest BCUT2D eigenvalue weighted by atomic mass is 9.80. The third-order valence-corrected chi connectivity index (χ3v) is 7.41. The van der Waals surface area contributed by atoms with E-state index in [1.165, 1.54) is 19.2 Å². The summed E-state index contributed by atoms with van der Waals surface area (Å²) in [6.45, 7) is 9.13. The standard InChI is InChI=1S/C27H36FN7O2/c1-14(2)35-20(8-11-32-35)25(36)34-24(22(17-6-7-17)27(5)9-10-27)26(37)33-18-12-19(28)23(31-13-18)21(15(3)29)16(4)30/h8,11-14,17,22,24,29H,6-7,9-10,30H2,1-5H3,(H,33,37)(H,34,36)/b21-16+,29-15?/t22?,24-/m0/s1. The quantitative estimate of drug-likeness (QED) is 0.354. The number of halogens is 1. The van der Waals surface area contributed by atoms with Gasteiger partial charge in [0, 0.05) is 35.3 Å². The fourth-order valence-corrected chi connectivity index (χ4v) is 5.24. The largest absolute Gasteiger partial charge is 0.402 e. The molecule has 2 heterocycles. The molecule has 5 N–H and O–H groups in total. The summed E-state index contributed by atoms with van der Waals surface area (Å²) in [5.41, 5.74) is 6.93. The molecule has 0 aliphatic heterocycles. The first kappa shape index (κ1) is 26.5. The predicted molar refractivity (Wildman–Crippen MR) is 140 cm³/mol. The number of amides is 2. The molecule has 0 spiro atoms. The molecular weight excluding hydrogens is 473 g/mol. The van der Waals surface area contributed by atoms with Crippen molar-refractivity contribution in [2.45, 2.75) is 72.4 Å². The van der Waals surface area contributed by atoms with Crippen molar-refractivity contribution in [2.75, 3.05) is 5.32 Å². The second-order valence-electron chi connectivity index (χ2n) is 10.9. The summed E-state index contributed by atoms with van der Waals surface area (Å²) >= 11 is 0. The Bertz CT molecular complexity index is 1250. The van der Waals surface area contributed by atoms with Crippen molar-refractivity contribution >= 4 is 28.8 Å². The molecular formula is C27H36FN7O2. The van der Waals surface area contributed by atoms with Crippen LogP contribution in [0.25, 0.3) is 5.57 Å². The minimum absolute atomic E-state index is 0.0172. The van der Waals surface area contributed by atoms with Crippen molar-refractivity contribution in [2.24, 2.45) is 23.0 Å². The van der Waals surface area contributed by atoms with Crippen LogP contribution < -0.4 is 16.4 Å². The fraction of sp³-hybridized carbons (Fsp3) is 0.519. The van der Waals surface area contributed by atoms with E-state index < -0.39 is 17.8 Å². The van der Waals surface area contributed by atoms with Gasteiger partial charge in [0.05, 0.1) is 11.9 Å². The number of allylic oxidation sites excluding steroid dienone is 2. The molecule has 0 saturated heterocycles. The van der Waals surface area contributed by atoms with Gasteiger partial charge >= 0.3 is 0 Å². The number of carbonyl (C=O) groups is 2. The van der Waals surface area contributed by atoms with Crippen LogP contribution in [0.3, 0.4) is 0 Å². The Hall–Kier alpha value is -3.56. The van der Waals surface area contributed by atoms with Gasteiger partial charge in [-0.3, -0.25) is 19.3 Å². The number of hydrogen-bond acceptors (Lipinski definition) is 6. The Balaban J connectivity index is 1.62. The van der Waals surface area contributed by atoms with Crippen molar-refractivity contribution in [3.05, 3.63) is 47.4 Å². The fourth-order valence-electron chi connectivity index (χ4n) is 5.24. The second kappa shape index (κ2) is 10.1. The summed E-state index contributed by atoms with van der Waals surface area (Å²) in [6, 6.07) is 2.00. The Morgan fingerprint density at radius 1 is 1.27 bits per heavy atom.